The van der Waals surface area contributed by atoms with Gasteiger partial charge in [-0.25, -0.2) is 0 Å². The Balaban J connectivity index is 0.000000217. The van der Waals surface area contributed by atoms with Crippen LogP contribution in [-0.4, -0.2) is 37.4 Å². The highest BCUT2D eigenvalue weighted by Crippen LogP contribution is 2.35. The molecule has 1 aliphatic heterocycles. The number of rotatable bonds is 4. The number of benzene rings is 3. The molecule has 2 N–H and O–H groups in total. The third-order valence-corrected chi connectivity index (χ3v) is 4.59. The number of aromatic hydroxyl groups is 1. The molecule has 168 valence electrons. The minimum Gasteiger partial charge on any atom is -0.507 e. The van der Waals surface area contributed by atoms with E-state index in [0.29, 0.717) is 31.0 Å². The number of hydrogen-bond donors (Lipinski definition) is 2. The van der Waals surface area contributed by atoms with Gasteiger partial charge in [-0.15, -0.1) is 0 Å². The summed E-state index contributed by atoms with van der Waals surface area (Å²) in [4.78, 5) is 21.9. The van der Waals surface area contributed by atoms with Crippen molar-refractivity contribution in [2.45, 2.75) is 20.8 Å². The number of carbonyl (C=O) groups is 2. The molecular weight excluding hydrogens is 406 g/mol. The lowest BCUT2D eigenvalue weighted by molar-refractivity contribution is 0.101. The standard InChI is InChI=1S/C15H15NO.C9H8O4.C2H6/c1-11(17)14-9-8-13(10-15(14)16-2)12-6-4-3-5-7-12;10-5-6-3-8-9(4-7(6)11)13-2-1-12-8;1-2/h3-10,16H,1-2H3;3-5,11H,1-2H2;1-2H3. The van der Waals surface area contributed by atoms with Gasteiger partial charge < -0.3 is 19.9 Å². The largest absolute Gasteiger partial charge is 0.507 e. The zero-order valence-electron chi connectivity index (χ0n) is 18.8. The number of carbonyl (C=O) groups excluding carboxylic acids is 2. The molecule has 3 aromatic carbocycles. The smallest absolute Gasteiger partial charge is 0.165 e. The summed E-state index contributed by atoms with van der Waals surface area (Å²) in [5, 5.41) is 12.4. The van der Waals surface area contributed by atoms with Gasteiger partial charge in [-0.1, -0.05) is 50.2 Å². The van der Waals surface area contributed by atoms with E-state index in [1.807, 2.05) is 57.3 Å². The lowest BCUT2D eigenvalue weighted by atomic mass is 10.0. The molecule has 0 atom stereocenters. The van der Waals surface area contributed by atoms with Crippen LogP contribution >= 0.6 is 0 Å². The molecule has 0 saturated carbocycles. The maximum absolute atomic E-state index is 11.4. The highest BCUT2D eigenvalue weighted by Gasteiger charge is 2.14. The van der Waals surface area contributed by atoms with Crippen LogP contribution in [0.2, 0.25) is 0 Å². The van der Waals surface area contributed by atoms with Crippen LogP contribution < -0.4 is 14.8 Å². The number of ketones is 1. The average molecular weight is 436 g/mol. The fourth-order valence-electron chi connectivity index (χ4n) is 3.06. The molecule has 0 spiro atoms. The summed E-state index contributed by atoms with van der Waals surface area (Å²) in [6.45, 7) is 6.52. The van der Waals surface area contributed by atoms with E-state index in [1.54, 1.807) is 6.92 Å². The minimum atomic E-state index is -0.0840. The fourth-order valence-corrected chi connectivity index (χ4v) is 3.06. The zero-order chi connectivity index (χ0) is 23.5. The maximum Gasteiger partial charge on any atom is 0.165 e. The van der Waals surface area contributed by atoms with E-state index in [-0.39, 0.29) is 17.1 Å². The van der Waals surface area contributed by atoms with Crippen LogP contribution in [0.1, 0.15) is 41.5 Å². The second kappa shape index (κ2) is 12.2. The SMILES string of the molecule is CC.CNc1cc(-c2ccccc2)ccc1C(C)=O.O=Cc1cc2c(cc1O)OCCO2. The summed E-state index contributed by atoms with van der Waals surface area (Å²) < 4.78 is 10.4. The van der Waals surface area contributed by atoms with E-state index in [4.69, 9.17) is 9.47 Å². The minimum absolute atomic E-state index is 0.0777. The van der Waals surface area contributed by atoms with Gasteiger partial charge in [0.05, 0.1) is 5.56 Å². The molecule has 6 nitrogen and oxygen atoms in total. The van der Waals surface area contributed by atoms with Gasteiger partial charge in [0.15, 0.2) is 23.6 Å². The Labute approximate surface area is 188 Å². The van der Waals surface area contributed by atoms with Crippen LogP contribution in [0.15, 0.2) is 60.7 Å². The molecule has 1 heterocycles. The van der Waals surface area contributed by atoms with Crippen LogP contribution in [0.5, 0.6) is 17.2 Å². The van der Waals surface area contributed by atoms with E-state index in [0.717, 1.165) is 22.4 Å². The molecule has 0 radical (unpaired) electrons. The van der Waals surface area contributed by atoms with Crippen LogP contribution in [-0.2, 0) is 0 Å². The van der Waals surface area contributed by atoms with Crippen molar-refractivity contribution in [1.82, 2.24) is 0 Å². The second-order valence-corrected chi connectivity index (χ2v) is 6.61. The summed E-state index contributed by atoms with van der Waals surface area (Å²) in [7, 11) is 1.83. The molecule has 0 amide bonds. The molecule has 3 aromatic rings. The number of anilines is 1. The topological polar surface area (TPSA) is 84.9 Å². The summed E-state index contributed by atoms with van der Waals surface area (Å²) in [6, 6.07) is 18.8. The number of nitrogens with one attached hydrogen (secondary N) is 1. The maximum atomic E-state index is 11.4. The van der Waals surface area contributed by atoms with E-state index < -0.39 is 0 Å². The first kappa shape index (κ1) is 24.5. The van der Waals surface area contributed by atoms with Crippen LogP contribution in [0.25, 0.3) is 11.1 Å². The van der Waals surface area contributed by atoms with Gasteiger partial charge in [0.2, 0.25) is 0 Å². The van der Waals surface area contributed by atoms with Crippen molar-refractivity contribution < 1.29 is 24.2 Å². The van der Waals surface area contributed by atoms with Gasteiger partial charge in [0.25, 0.3) is 0 Å². The number of phenols is 1. The summed E-state index contributed by atoms with van der Waals surface area (Å²) >= 11 is 0. The molecule has 0 aromatic heterocycles. The van der Waals surface area contributed by atoms with Crippen molar-refractivity contribution in [1.29, 1.82) is 0 Å². The van der Waals surface area contributed by atoms with Crippen molar-refractivity contribution >= 4 is 17.8 Å². The lowest BCUT2D eigenvalue weighted by Gasteiger charge is -2.18. The molecule has 0 unspecified atom stereocenters. The third kappa shape index (κ3) is 6.11. The molecular formula is C26H29NO5. The highest BCUT2D eigenvalue weighted by molar-refractivity contribution is 6.00. The van der Waals surface area contributed by atoms with Crippen LogP contribution in [0.4, 0.5) is 5.69 Å². The van der Waals surface area contributed by atoms with Crippen molar-refractivity contribution in [3.8, 4) is 28.4 Å². The quantitative estimate of drug-likeness (QED) is 0.410. The first-order chi connectivity index (χ1) is 15.5. The number of fused-ring (bicyclic) bond motifs is 1. The first-order valence-corrected chi connectivity index (χ1v) is 10.5. The summed E-state index contributed by atoms with van der Waals surface area (Å²) in [6.07, 6.45) is 0.577. The normalized spacial score (nSPS) is 11.1. The number of phenolic OH excluding ortho intramolecular Hbond substituents is 1. The van der Waals surface area contributed by atoms with Gasteiger partial charge in [-0.05, 0) is 36.2 Å². The molecule has 0 bridgehead atoms. The zero-order valence-corrected chi connectivity index (χ0v) is 18.8. The predicted octanol–water partition coefficient (Wildman–Crippen LogP) is 5.60. The van der Waals surface area contributed by atoms with Crippen molar-refractivity contribution in [2.24, 2.45) is 0 Å². The number of Topliss-reactive ketones (excluding diaryl/α,β-unsaturated/α-hetero) is 1. The molecule has 6 heteroatoms. The molecule has 0 saturated heterocycles. The Morgan fingerprint density at radius 3 is 2.12 bits per heavy atom. The predicted molar refractivity (Wildman–Crippen MR) is 127 cm³/mol. The fraction of sp³-hybridized carbons (Fsp3) is 0.231. The summed E-state index contributed by atoms with van der Waals surface area (Å²) in [5.74, 6) is 0.980. The van der Waals surface area contributed by atoms with Gasteiger partial charge in [0.1, 0.15) is 19.0 Å². The summed E-state index contributed by atoms with van der Waals surface area (Å²) in [5.41, 5.74) is 4.08. The van der Waals surface area contributed by atoms with Crippen molar-refractivity contribution in [3.05, 3.63) is 71.8 Å². The number of ether oxygens (including phenoxy) is 2. The number of aldehydes is 1. The average Bonchev–Trinajstić information content (AvgIpc) is 2.85. The Bertz CT molecular complexity index is 1050. The van der Waals surface area contributed by atoms with E-state index in [2.05, 4.69) is 17.4 Å². The molecule has 32 heavy (non-hydrogen) atoms. The van der Waals surface area contributed by atoms with Crippen molar-refractivity contribution in [2.75, 3.05) is 25.6 Å². The van der Waals surface area contributed by atoms with E-state index >= 15 is 0 Å². The van der Waals surface area contributed by atoms with Crippen LogP contribution in [0, 0.1) is 0 Å². The monoisotopic (exact) mass is 435 g/mol. The second-order valence-electron chi connectivity index (χ2n) is 6.61. The van der Waals surface area contributed by atoms with Gasteiger partial charge >= 0.3 is 0 Å². The molecule has 1 aliphatic rings. The van der Waals surface area contributed by atoms with Gasteiger partial charge in [0, 0.05) is 24.4 Å². The molecule has 0 aliphatic carbocycles. The Morgan fingerprint density at radius 1 is 0.938 bits per heavy atom. The van der Waals surface area contributed by atoms with Crippen LogP contribution in [0.3, 0.4) is 0 Å². The first-order valence-electron chi connectivity index (χ1n) is 10.5. The lowest BCUT2D eigenvalue weighted by Crippen LogP contribution is -2.15. The third-order valence-electron chi connectivity index (χ3n) is 4.59. The Kier molecular flexibility index (Phi) is 9.29. The Hall–Kier alpha value is -3.80. The van der Waals surface area contributed by atoms with E-state index in [1.165, 1.54) is 12.1 Å². The van der Waals surface area contributed by atoms with E-state index in [9.17, 15) is 14.7 Å². The highest BCUT2D eigenvalue weighted by atomic mass is 16.6. The molecule has 0 fully saturated rings. The Morgan fingerprint density at radius 2 is 1.56 bits per heavy atom. The van der Waals surface area contributed by atoms with Gasteiger partial charge in [-0.3, -0.25) is 9.59 Å². The van der Waals surface area contributed by atoms with Gasteiger partial charge in [-0.2, -0.15) is 0 Å². The number of hydrogen-bond acceptors (Lipinski definition) is 6. The molecule has 4 rings (SSSR count). The van der Waals surface area contributed by atoms with Crippen molar-refractivity contribution in [3.63, 3.8) is 0 Å².